The van der Waals surface area contributed by atoms with Crippen LogP contribution in [0.2, 0.25) is 0 Å². The molecule has 0 saturated heterocycles. The maximum atomic E-state index is 12.4. The summed E-state index contributed by atoms with van der Waals surface area (Å²) in [6.07, 6.45) is 12.8. The van der Waals surface area contributed by atoms with Gasteiger partial charge in [0.2, 0.25) is 0 Å². The number of ketones is 1. The predicted molar refractivity (Wildman–Crippen MR) is 85.6 cm³/mol. The number of fused-ring (bicyclic) bond motifs is 2. The van der Waals surface area contributed by atoms with Crippen molar-refractivity contribution in [2.24, 2.45) is 11.3 Å². The maximum Gasteiger partial charge on any atom is 0.181 e. The molecule has 1 nitrogen and oxygen atoms in total. The van der Waals surface area contributed by atoms with E-state index >= 15 is 0 Å². The molecule has 0 heterocycles. The predicted octanol–water partition coefficient (Wildman–Crippen LogP) is 5.38. The van der Waals surface area contributed by atoms with Gasteiger partial charge in [-0.1, -0.05) is 37.1 Å². The van der Waals surface area contributed by atoms with E-state index < -0.39 is 0 Å². The van der Waals surface area contributed by atoms with E-state index in [0.717, 1.165) is 31.3 Å². The lowest BCUT2D eigenvalue weighted by Gasteiger charge is -2.39. The van der Waals surface area contributed by atoms with Crippen LogP contribution in [0, 0.1) is 11.3 Å². The zero-order chi connectivity index (χ0) is 14.8. The van der Waals surface area contributed by atoms with Crippen molar-refractivity contribution in [1.29, 1.82) is 0 Å². The second kappa shape index (κ2) is 6.11. The highest BCUT2D eigenvalue weighted by Crippen LogP contribution is 2.45. The topological polar surface area (TPSA) is 17.1 Å². The normalized spacial score (nSPS) is 37.7. The summed E-state index contributed by atoms with van der Waals surface area (Å²) in [6, 6.07) is 0. The van der Waals surface area contributed by atoms with Gasteiger partial charge >= 0.3 is 0 Å². The highest BCUT2D eigenvalue weighted by atomic mass is 16.1. The van der Waals surface area contributed by atoms with Gasteiger partial charge < -0.3 is 0 Å². The second-order valence-electron chi connectivity index (χ2n) is 7.14. The zero-order valence-electron chi connectivity index (χ0n) is 13.5. The van der Waals surface area contributed by atoms with Gasteiger partial charge in [0.05, 0.1) is 0 Å². The number of allylic oxidation sites excluding steroid dienone is 6. The van der Waals surface area contributed by atoms with E-state index in [0.29, 0.717) is 5.92 Å². The fourth-order valence-electron chi connectivity index (χ4n) is 3.33. The van der Waals surface area contributed by atoms with Crippen LogP contribution in [0.1, 0.15) is 66.2 Å². The van der Waals surface area contributed by atoms with Gasteiger partial charge in [0.1, 0.15) is 0 Å². The van der Waals surface area contributed by atoms with Crippen LogP contribution < -0.4 is 0 Å². The molecule has 2 atom stereocenters. The van der Waals surface area contributed by atoms with Crippen LogP contribution in [0.4, 0.5) is 0 Å². The van der Waals surface area contributed by atoms with Gasteiger partial charge in [0.25, 0.3) is 0 Å². The van der Waals surface area contributed by atoms with Gasteiger partial charge in [-0.2, -0.15) is 0 Å². The molecule has 0 saturated carbocycles. The molecule has 2 aliphatic rings. The average Bonchev–Trinajstić information content (AvgIpc) is 2.39. The molecule has 2 bridgehead atoms. The summed E-state index contributed by atoms with van der Waals surface area (Å²) in [5.74, 6) is 0.918. The van der Waals surface area contributed by atoms with Crippen molar-refractivity contribution in [3.05, 3.63) is 34.9 Å². The Kier molecular flexibility index (Phi) is 4.67. The van der Waals surface area contributed by atoms with Gasteiger partial charge in [0.15, 0.2) is 5.78 Å². The van der Waals surface area contributed by atoms with E-state index in [2.05, 4.69) is 39.8 Å². The van der Waals surface area contributed by atoms with Gasteiger partial charge in [-0.25, -0.2) is 0 Å². The Morgan fingerprint density at radius 1 is 1.15 bits per heavy atom. The summed E-state index contributed by atoms with van der Waals surface area (Å²) in [5.41, 5.74) is 4.04. The lowest BCUT2D eigenvalue weighted by atomic mass is 9.65. The molecule has 0 aromatic heterocycles. The number of rotatable bonds is 0. The van der Waals surface area contributed by atoms with Crippen LogP contribution in [0.5, 0.6) is 0 Å². The second-order valence-corrected chi connectivity index (χ2v) is 7.14. The monoisotopic (exact) mass is 272 g/mol. The zero-order valence-corrected chi connectivity index (χ0v) is 13.5. The number of carbonyl (C=O) groups is 1. The lowest BCUT2D eigenvalue weighted by molar-refractivity contribution is -0.112. The van der Waals surface area contributed by atoms with Crippen molar-refractivity contribution in [2.75, 3.05) is 0 Å². The van der Waals surface area contributed by atoms with Crippen molar-refractivity contribution >= 4 is 5.78 Å². The minimum atomic E-state index is 0.252. The summed E-state index contributed by atoms with van der Waals surface area (Å²) in [5, 5.41) is 0. The Morgan fingerprint density at radius 2 is 1.90 bits per heavy atom. The molecule has 110 valence electrons. The molecule has 0 unspecified atom stereocenters. The fraction of sp³-hybridized carbons (Fsp3) is 0.632. The number of hydrogen-bond acceptors (Lipinski definition) is 1. The standard InChI is InChI=1S/C19H28O/c1-14-6-5-7-15(2)12-18(20)17-9-8-16(3)19(4,13-17)11-10-14/h6,9,12,16H,5,7-8,10-11,13H2,1-4H3/b14-6+,15-12-/t16-,19-/m1/s1. The molecule has 0 N–H and O–H groups in total. The fourth-order valence-corrected chi connectivity index (χ4v) is 3.33. The molecule has 2 rings (SSSR count). The maximum absolute atomic E-state index is 12.4. The molecule has 0 aromatic carbocycles. The summed E-state index contributed by atoms with van der Waals surface area (Å²) in [7, 11) is 0. The van der Waals surface area contributed by atoms with Crippen molar-refractivity contribution in [1.82, 2.24) is 0 Å². The molecule has 0 spiro atoms. The summed E-state index contributed by atoms with van der Waals surface area (Å²) < 4.78 is 0. The highest BCUT2D eigenvalue weighted by Gasteiger charge is 2.35. The van der Waals surface area contributed by atoms with E-state index in [1.165, 1.54) is 24.0 Å². The van der Waals surface area contributed by atoms with Crippen molar-refractivity contribution < 1.29 is 4.79 Å². The summed E-state index contributed by atoms with van der Waals surface area (Å²) in [6.45, 7) is 9.04. The molecular formula is C19H28O. The molecule has 0 amide bonds. The Balaban J connectivity index is 2.31. The van der Waals surface area contributed by atoms with E-state index in [-0.39, 0.29) is 11.2 Å². The first-order valence-electron chi connectivity index (χ1n) is 7.97. The lowest BCUT2D eigenvalue weighted by Crippen LogP contribution is -2.30. The molecule has 0 aromatic rings. The van der Waals surface area contributed by atoms with Crippen molar-refractivity contribution in [3.63, 3.8) is 0 Å². The first-order chi connectivity index (χ1) is 9.40. The minimum Gasteiger partial charge on any atom is -0.290 e. The van der Waals surface area contributed by atoms with Crippen LogP contribution in [0.3, 0.4) is 0 Å². The van der Waals surface area contributed by atoms with Crippen molar-refractivity contribution in [3.8, 4) is 0 Å². The Labute approximate surface area is 123 Å². The molecule has 0 radical (unpaired) electrons. The largest absolute Gasteiger partial charge is 0.290 e. The Bertz CT molecular complexity index is 478. The van der Waals surface area contributed by atoms with E-state index in [9.17, 15) is 4.79 Å². The van der Waals surface area contributed by atoms with Gasteiger partial charge in [-0.3, -0.25) is 4.79 Å². The smallest absolute Gasteiger partial charge is 0.181 e. The van der Waals surface area contributed by atoms with Crippen molar-refractivity contribution in [2.45, 2.75) is 66.2 Å². The molecular weight excluding hydrogens is 244 g/mol. The van der Waals surface area contributed by atoms with Gasteiger partial charge in [-0.15, -0.1) is 0 Å². The quantitative estimate of drug-likeness (QED) is 0.541. The van der Waals surface area contributed by atoms with Crippen LogP contribution in [0.25, 0.3) is 0 Å². The van der Waals surface area contributed by atoms with E-state index in [1.54, 1.807) is 0 Å². The van der Waals surface area contributed by atoms with Crippen LogP contribution >= 0.6 is 0 Å². The number of hydrogen-bond donors (Lipinski definition) is 0. The van der Waals surface area contributed by atoms with E-state index in [4.69, 9.17) is 0 Å². The van der Waals surface area contributed by atoms with E-state index in [1.807, 2.05) is 6.08 Å². The highest BCUT2D eigenvalue weighted by molar-refractivity contribution is 6.04. The summed E-state index contributed by atoms with van der Waals surface area (Å²) >= 11 is 0. The van der Waals surface area contributed by atoms with Gasteiger partial charge in [0, 0.05) is 0 Å². The minimum absolute atomic E-state index is 0.252. The molecule has 0 aliphatic heterocycles. The molecule has 0 fully saturated rings. The summed E-state index contributed by atoms with van der Waals surface area (Å²) in [4.78, 5) is 12.4. The third kappa shape index (κ3) is 3.50. The number of carbonyl (C=O) groups excluding carboxylic acids is 1. The molecule has 20 heavy (non-hydrogen) atoms. The Hall–Kier alpha value is -1.11. The van der Waals surface area contributed by atoms with Crippen LogP contribution in [-0.2, 0) is 4.79 Å². The van der Waals surface area contributed by atoms with Crippen LogP contribution in [0.15, 0.2) is 34.9 Å². The average molecular weight is 272 g/mol. The first kappa shape index (κ1) is 15.3. The Morgan fingerprint density at radius 3 is 2.65 bits per heavy atom. The third-order valence-corrected chi connectivity index (χ3v) is 5.32. The van der Waals surface area contributed by atoms with Gasteiger partial charge in [-0.05, 0) is 75.4 Å². The SMILES string of the molecule is C/C1=C/C(=O)C2=CC[C@@H](C)[C@](C)(CC/C(C)=C/CC1)C2. The molecule has 2 aliphatic carbocycles. The first-order valence-corrected chi connectivity index (χ1v) is 7.97. The third-order valence-electron chi connectivity index (χ3n) is 5.32. The molecule has 1 heteroatoms. The van der Waals surface area contributed by atoms with Crippen LogP contribution in [-0.4, -0.2) is 5.78 Å².